The van der Waals surface area contributed by atoms with E-state index in [-0.39, 0.29) is 40.4 Å². The molecule has 6 fully saturated rings. The summed E-state index contributed by atoms with van der Waals surface area (Å²) in [5.74, 6) is -2.57. The number of aliphatic carboxylic acids is 2. The average Bonchev–Trinajstić information content (AvgIpc) is 3.15. The summed E-state index contributed by atoms with van der Waals surface area (Å²) >= 11 is 0. The summed E-state index contributed by atoms with van der Waals surface area (Å²) in [5, 5.41) is 107. The molecule has 0 amide bonds. The van der Waals surface area contributed by atoms with E-state index in [0.29, 0.717) is 25.7 Å². The van der Waals surface area contributed by atoms with Gasteiger partial charge in [0.25, 0.3) is 0 Å². The minimum atomic E-state index is -2.02. The molecule has 330 valence electrons. The Balaban J connectivity index is 1.14. The lowest BCUT2D eigenvalue weighted by molar-refractivity contribution is -0.369. The maximum atomic E-state index is 13.1. The largest absolute Gasteiger partial charge is 0.481 e. The third-order valence-electron chi connectivity index (χ3n) is 17.3. The van der Waals surface area contributed by atoms with E-state index in [2.05, 4.69) is 40.7 Å². The van der Waals surface area contributed by atoms with Gasteiger partial charge < -0.3 is 70.0 Å². The average molecular weight is 827 g/mol. The topological polar surface area (TPSA) is 273 Å². The van der Waals surface area contributed by atoms with Crippen LogP contribution in [0.5, 0.6) is 0 Å². The molecule has 0 spiro atoms. The predicted molar refractivity (Wildman–Crippen MR) is 201 cm³/mol. The van der Waals surface area contributed by atoms with Crippen LogP contribution in [0.25, 0.3) is 0 Å². The summed E-state index contributed by atoms with van der Waals surface area (Å²) in [5.41, 5.74) is -1.70. The van der Waals surface area contributed by atoms with Crippen molar-refractivity contribution in [1.82, 2.24) is 0 Å². The Kier molecular flexibility index (Phi) is 11.4. The van der Waals surface area contributed by atoms with Gasteiger partial charge in [-0.2, -0.15) is 0 Å². The monoisotopic (exact) mass is 826 g/mol. The van der Waals surface area contributed by atoms with E-state index in [1.165, 1.54) is 5.57 Å². The zero-order chi connectivity index (χ0) is 42.7. The Bertz CT molecular complexity index is 1620. The van der Waals surface area contributed by atoms with Gasteiger partial charge in [-0.3, -0.25) is 4.79 Å². The number of carboxylic acids is 2. The lowest BCUT2D eigenvalue weighted by Crippen LogP contribution is -2.70. The number of rotatable bonds is 8. The number of carboxylic acid groups (broad SMARTS) is 2. The standard InChI is InChI=1S/C42H66O16/c1-37(2)11-13-42(36(53)54)14-12-40(5)19(20(42)15-37)7-8-24-38(3)16-21(45)32(39(4,18-44)23(38)9-10-41(24,40)6)58-35-29(50)27(48)30(31(57-35)33(51)52)56-34-28(49)26(47)25(46)22(17-43)55-34/h7,20-32,34-35,43-50H,8-18H2,1-6H3,(H,51,52)(H,53,54). The molecule has 2 aliphatic heterocycles. The molecule has 58 heavy (non-hydrogen) atoms. The third kappa shape index (κ3) is 6.37. The first-order valence-electron chi connectivity index (χ1n) is 21.0. The van der Waals surface area contributed by atoms with Crippen LogP contribution in [0.1, 0.15) is 99.3 Å². The summed E-state index contributed by atoms with van der Waals surface area (Å²) < 4.78 is 22.9. The zero-order valence-corrected chi connectivity index (χ0v) is 34.4. The van der Waals surface area contributed by atoms with Gasteiger partial charge in [-0.1, -0.05) is 53.2 Å². The van der Waals surface area contributed by atoms with Crippen LogP contribution < -0.4 is 0 Å². The van der Waals surface area contributed by atoms with Gasteiger partial charge in [0, 0.05) is 5.41 Å². The van der Waals surface area contributed by atoms with Crippen LogP contribution >= 0.6 is 0 Å². The zero-order valence-electron chi connectivity index (χ0n) is 34.4. The van der Waals surface area contributed by atoms with Gasteiger partial charge in [-0.05, 0) is 97.2 Å². The maximum absolute atomic E-state index is 13.1. The molecule has 16 heteroatoms. The number of hydrogen-bond donors (Lipinski definition) is 10. The molecule has 0 aromatic heterocycles. The first kappa shape index (κ1) is 44.3. The Morgan fingerprint density at radius 3 is 2.02 bits per heavy atom. The molecular weight excluding hydrogens is 760 g/mol. The van der Waals surface area contributed by atoms with Crippen molar-refractivity contribution in [3.8, 4) is 0 Å². The number of ether oxygens (including phenoxy) is 4. The lowest BCUT2D eigenvalue weighted by Gasteiger charge is -2.71. The molecule has 20 unspecified atom stereocenters. The van der Waals surface area contributed by atoms with Crippen LogP contribution in [0.2, 0.25) is 0 Å². The Hall–Kier alpha value is -1.80. The first-order chi connectivity index (χ1) is 27.0. The van der Waals surface area contributed by atoms with Gasteiger partial charge >= 0.3 is 11.9 Å². The van der Waals surface area contributed by atoms with Crippen LogP contribution in [0, 0.1) is 50.2 Å². The molecule has 7 rings (SSSR count). The molecule has 2 heterocycles. The quantitative estimate of drug-likeness (QED) is 0.120. The number of aliphatic hydroxyl groups excluding tert-OH is 8. The number of fused-ring (bicyclic) bond motifs is 7. The molecule has 0 radical (unpaired) electrons. The van der Waals surface area contributed by atoms with Crippen LogP contribution in [-0.4, -0.2) is 150 Å². The van der Waals surface area contributed by atoms with Gasteiger partial charge in [0.05, 0.1) is 30.8 Å². The van der Waals surface area contributed by atoms with Crippen LogP contribution in [-0.2, 0) is 28.5 Å². The van der Waals surface area contributed by atoms with Crippen LogP contribution in [0.3, 0.4) is 0 Å². The van der Waals surface area contributed by atoms with E-state index in [0.717, 1.165) is 25.7 Å². The molecular formula is C42H66O16. The van der Waals surface area contributed by atoms with Gasteiger partial charge in [-0.25, -0.2) is 4.79 Å². The highest BCUT2D eigenvalue weighted by atomic mass is 16.7. The SMILES string of the molecule is CC1(C)CCC2(C(=O)O)CCC3(C)C(=CCC4C5(C)CC(O)C(OC6OC(C(=O)O)C(OC7OC(CO)C(O)C(O)C7O)C(O)C6O)C(C)(CO)C5CCC43C)C2C1. The van der Waals surface area contributed by atoms with Gasteiger partial charge in [0.1, 0.15) is 42.7 Å². The van der Waals surface area contributed by atoms with Crippen molar-refractivity contribution in [2.75, 3.05) is 13.2 Å². The normalized spacial score (nSPS) is 53.9. The summed E-state index contributed by atoms with van der Waals surface area (Å²) in [6.07, 6.45) is -12.5. The summed E-state index contributed by atoms with van der Waals surface area (Å²) in [6, 6.07) is 0. The molecule has 4 saturated carbocycles. The van der Waals surface area contributed by atoms with Crippen molar-refractivity contribution >= 4 is 11.9 Å². The van der Waals surface area contributed by atoms with Crippen molar-refractivity contribution in [2.24, 2.45) is 50.2 Å². The van der Waals surface area contributed by atoms with E-state index in [1.807, 2.05) is 6.92 Å². The fourth-order valence-corrected chi connectivity index (χ4v) is 13.8. The highest BCUT2D eigenvalue weighted by Gasteiger charge is 2.71. The van der Waals surface area contributed by atoms with Crippen molar-refractivity contribution in [3.05, 3.63) is 11.6 Å². The van der Waals surface area contributed by atoms with E-state index in [9.17, 15) is 60.7 Å². The van der Waals surface area contributed by atoms with Crippen molar-refractivity contribution < 1.29 is 79.6 Å². The highest BCUT2D eigenvalue weighted by Crippen LogP contribution is 2.76. The second-order valence-electron chi connectivity index (χ2n) is 20.7. The van der Waals surface area contributed by atoms with Crippen molar-refractivity contribution in [3.63, 3.8) is 0 Å². The highest BCUT2D eigenvalue weighted by molar-refractivity contribution is 5.76. The second-order valence-corrected chi connectivity index (χ2v) is 20.7. The molecule has 20 atom stereocenters. The molecule has 5 aliphatic carbocycles. The fourth-order valence-electron chi connectivity index (χ4n) is 13.8. The lowest BCUT2D eigenvalue weighted by atomic mass is 9.33. The number of hydrogen-bond acceptors (Lipinski definition) is 14. The molecule has 16 nitrogen and oxygen atoms in total. The molecule has 0 aromatic carbocycles. The number of aliphatic hydroxyl groups is 8. The van der Waals surface area contributed by atoms with Crippen LogP contribution in [0.15, 0.2) is 11.6 Å². The van der Waals surface area contributed by atoms with Gasteiger partial charge in [0.15, 0.2) is 18.7 Å². The maximum Gasteiger partial charge on any atom is 0.335 e. The van der Waals surface area contributed by atoms with E-state index in [4.69, 9.17) is 18.9 Å². The Labute approximate surface area is 339 Å². The third-order valence-corrected chi connectivity index (χ3v) is 17.3. The van der Waals surface area contributed by atoms with Crippen LogP contribution in [0.4, 0.5) is 0 Å². The Morgan fingerprint density at radius 2 is 1.40 bits per heavy atom. The fraction of sp³-hybridized carbons (Fsp3) is 0.905. The molecule has 0 aromatic rings. The van der Waals surface area contributed by atoms with Gasteiger partial charge in [0.2, 0.25) is 0 Å². The van der Waals surface area contributed by atoms with E-state index in [1.54, 1.807) is 0 Å². The minimum Gasteiger partial charge on any atom is -0.481 e. The summed E-state index contributed by atoms with van der Waals surface area (Å²) in [7, 11) is 0. The van der Waals surface area contributed by atoms with E-state index >= 15 is 0 Å². The molecule has 7 aliphatic rings. The smallest absolute Gasteiger partial charge is 0.335 e. The first-order valence-corrected chi connectivity index (χ1v) is 21.0. The molecule has 2 saturated heterocycles. The van der Waals surface area contributed by atoms with Crippen molar-refractivity contribution in [2.45, 2.75) is 173 Å². The predicted octanol–water partition coefficient (Wildman–Crippen LogP) is 0.918. The number of carbonyl (C=O) groups is 2. The minimum absolute atomic E-state index is 0.0178. The summed E-state index contributed by atoms with van der Waals surface area (Å²) in [6.45, 7) is 11.9. The van der Waals surface area contributed by atoms with E-state index < -0.39 is 115 Å². The summed E-state index contributed by atoms with van der Waals surface area (Å²) in [4.78, 5) is 25.6. The number of allylic oxidation sites excluding steroid dienone is 2. The second kappa shape index (κ2) is 14.9. The molecule has 0 bridgehead atoms. The molecule has 10 N–H and O–H groups in total. The van der Waals surface area contributed by atoms with Gasteiger partial charge in [-0.15, -0.1) is 0 Å². The Morgan fingerprint density at radius 1 is 0.759 bits per heavy atom. The van der Waals surface area contributed by atoms with Crippen molar-refractivity contribution in [1.29, 1.82) is 0 Å².